The van der Waals surface area contributed by atoms with E-state index >= 15 is 0 Å². The predicted octanol–water partition coefficient (Wildman–Crippen LogP) is 2.70. The molecule has 0 spiro atoms. The van der Waals surface area contributed by atoms with Crippen LogP contribution in [0.5, 0.6) is 0 Å². The summed E-state index contributed by atoms with van der Waals surface area (Å²) in [5.74, 6) is -0.956. The van der Waals surface area contributed by atoms with Crippen molar-refractivity contribution in [1.29, 1.82) is 0 Å². The van der Waals surface area contributed by atoms with Gasteiger partial charge in [-0.25, -0.2) is 4.98 Å². The summed E-state index contributed by atoms with van der Waals surface area (Å²) in [6.07, 6.45) is 2.30. The highest BCUT2D eigenvalue weighted by molar-refractivity contribution is 7.09. The average molecular weight is 366 g/mol. The number of ether oxygens (including phenoxy) is 2. The maximum Gasteiger partial charge on any atom is 0.327 e. The van der Waals surface area contributed by atoms with Crippen LogP contribution in [0.1, 0.15) is 52.1 Å². The Morgan fingerprint density at radius 2 is 2.24 bits per heavy atom. The lowest BCUT2D eigenvalue weighted by molar-refractivity contribution is -0.166. The molecule has 7 heteroatoms. The molecule has 6 nitrogen and oxygen atoms in total. The highest BCUT2D eigenvalue weighted by atomic mass is 32.1. The fourth-order valence-corrected chi connectivity index (χ4v) is 4.68. The fourth-order valence-electron chi connectivity index (χ4n) is 3.95. The number of cyclic esters (lactones) is 1. The van der Waals surface area contributed by atoms with Crippen LogP contribution in [-0.2, 0) is 19.1 Å². The first-order chi connectivity index (χ1) is 11.6. The molecule has 0 aliphatic carbocycles. The maximum atomic E-state index is 13.2. The van der Waals surface area contributed by atoms with Crippen molar-refractivity contribution in [2.75, 3.05) is 6.61 Å². The lowest BCUT2D eigenvalue weighted by Crippen LogP contribution is -2.56. The lowest BCUT2D eigenvalue weighted by Gasteiger charge is -2.36. The van der Waals surface area contributed by atoms with E-state index in [1.165, 1.54) is 11.3 Å². The van der Waals surface area contributed by atoms with Gasteiger partial charge in [-0.3, -0.25) is 14.9 Å². The molecule has 2 saturated heterocycles. The minimum atomic E-state index is -0.936. The van der Waals surface area contributed by atoms with Gasteiger partial charge in [0.1, 0.15) is 16.1 Å². The molecule has 1 aromatic rings. The van der Waals surface area contributed by atoms with Crippen LogP contribution in [0.4, 0.5) is 0 Å². The summed E-state index contributed by atoms with van der Waals surface area (Å²) >= 11 is 1.48. The Hall–Kier alpha value is -1.47. The molecule has 0 saturated carbocycles. The van der Waals surface area contributed by atoms with Gasteiger partial charge in [0.15, 0.2) is 0 Å². The van der Waals surface area contributed by atoms with Crippen LogP contribution >= 0.6 is 11.3 Å². The largest absolute Gasteiger partial charge is 0.465 e. The summed E-state index contributed by atoms with van der Waals surface area (Å²) in [5.41, 5.74) is -1.53. The van der Waals surface area contributed by atoms with E-state index in [1.54, 1.807) is 6.20 Å². The van der Waals surface area contributed by atoms with Crippen LogP contribution in [0.3, 0.4) is 0 Å². The van der Waals surface area contributed by atoms with Gasteiger partial charge in [-0.15, -0.1) is 11.3 Å². The van der Waals surface area contributed by atoms with Gasteiger partial charge in [0.05, 0.1) is 18.6 Å². The second kappa shape index (κ2) is 6.36. The Labute approximate surface area is 152 Å². The maximum absolute atomic E-state index is 13.2. The second-order valence-electron chi connectivity index (χ2n) is 8.33. The Morgan fingerprint density at radius 3 is 2.80 bits per heavy atom. The van der Waals surface area contributed by atoms with Crippen molar-refractivity contribution in [3.05, 3.63) is 16.6 Å². The van der Waals surface area contributed by atoms with Gasteiger partial charge < -0.3 is 9.47 Å². The normalized spacial score (nSPS) is 31.9. The van der Waals surface area contributed by atoms with Crippen LogP contribution in [0.15, 0.2) is 11.6 Å². The van der Waals surface area contributed by atoms with Gasteiger partial charge in [-0.2, -0.15) is 0 Å². The van der Waals surface area contributed by atoms with Crippen LogP contribution in [0.25, 0.3) is 0 Å². The molecule has 0 aromatic carbocycles. The summed E-state index contributed by atoms with van der Waals surface area (Å²) in [6, 6.07) is -0.314. The second-order valence-corrected chi connectivity index (χ2v) is 9.25. The predicted molar refractivity (Wildman–Crippen MR) is 94.0 cm³/mol. The third-order valence-electron chi connectivity index (χ3n) is 4.73. The summed E-state index contributed by atoms with van der Waals surface area (Å²) < 4.78 is 11.1. The molecule has 0 radical (unpaired) electrons. The molecule has 1 aromatic heterocycles. The molecular formula is C18H26N2O4S. The number of aromatic nitrogens is 1. The highest BCUT2D eigenvalue weighted by Gasteiger charge is 2.65. The zero-order valence-electron chi connectivity index (χ0n) is 15.4. The number of nitrogens with zero attached hydrogens (tertiary/aromatic N) is 1. The van der Waals surface area contributed by atoms with Crippen molar-refractivity contribution in [2.45, 2.75) is 58.2 Å². The van der Waals surface area contributed by atoms with Gasteiger partial charge in [-0.05, 0) is 33.1 Å². The molecule has 3 rings (SSSR count). The van der Waals surface area contributed by atoms with Crippen molar-refractivity contribution in [3.63, 3.8) is 0 Å². The van der Waals surface area contributed by atoms with Crippen LogP contribution < -0.4 is 5.32 Å². The van der Waals surface area contributed by atoms with E-state index in [2.05, 4.69) is 24.1 Å². The molecule has 138 valence electrons. The van der Waals surface area contributed by atoms with E-state index < -0.39 is 17.1 Å². The van der Waals surface area contributed by atoms with Gasteiger partial charge in [-0.1, -0.05) is 13.8 Å². The zero-order chi connectivity index (χ0) is 18.4. The van der Waals surface area contributed by atoms with Crippen LogP contribution in [-0.4, -0.2) is 34.7 Å². The number of nitrogens with one attached hydrogen (secondary N) is 1. The van der Waals surface area contributed by atoms with Gasteiger partial charge in [0, 0.05) is 17.5 Å². The summed E-state index contributed by atoms with van der Waals surface area (Å²) in [7, 11) is 0. The monoisotopic (exact) mass is 366 g/mol. The first-order valence-corrected chi connectivity index (χ1v) is 9.59. The minimum absolute atomic E-state index is 0.240. The van der Waals surface area contributed by atoms with Crippen molar-refractivity contribution in [2.24, 2.45) is 17.8 Å². The number of rotatable bonds is 4. The zero-order valence-corrected chi connectivity index (χ0v) is 16.2. The third kappa shape index (κ3) is 3.31. The number of hydrogen-bond donors (Lipinski definition) is 1. The molecule has 25 heavy (non-hydrogen) atoms. The van der Waals surface area contributed by atoms with Crippen molar-refractivity contribution in [3.8, 4) is 0 Å². The smallest absolute Gasteiger partial charge is 0.327 e. The third-order valence-corrected chi connectivity index (χ3v) is 5.59. The number of esters is 2. The molecule has 0 amide bonds. The Bertz CT molecular complexity index is 653. The standard InChI is InChI=1S/C18H26N2O4S/c1-10(2)8-18(16(22)24-17(3,4)5)11-9-23-15(21)12(11)13(20-18)14-19-6-7-25-14/h6-7,10-13,20H,8-9H2,1-5H3/t11?,12-,13+,18-/m0/s1. The Morgan fingerprint density at radius 1 is 1.52 bits per heavy atom. The molecule has 2 fully saturated rings. The highest BCUT2D eigenvalue weighted by Crippen LogP contribution is 2.50. The Kier molecular flexibility index (Phi) is 4.66. The van der Waals surface area contributed by atoms with E-state index in [0.717, 1.165) is 5.01 Å². The van der Waals surface area contributed by atoms with Gasteiger partial charge in [0.25, 0.3) is 0 Å². The van der Waals surface area contributed by atoms with Crippen molar-refractivity contribution >= 4 is 23.3 Å². The van der Waals surface area contributed by atoms with E-state index in [1.807, 2.05) is 26.2 Å². The lowest BCUT2D eigenvalue weighted by atomic mass is 9.76. The molecular weight excluding hydrogens is 340 g/mol. The molecule has 2 aliphatic heterocycles. The van der Waals surface area contributed by atoms with Crippen molar-refractivity contribution in [1.82, 2.24) is 10.3 Å². The first-order valence-electron chi connectivity index (χ1n) is 8.71. The number of hydrogen-bond acceptors (Lipinski definition) is 7. The molecule has 2 aliphatic rings. The molecule has 1 unspecified atom stereocenters. The van der Waals surface area contributed by atoms with Gasteiger partial charge >= 0.3 is 11.9 Å². The van der Waals surface area contributed by atoms with E-state index in [0.29, 0.717) is 6.42 Å². The molecule has 4 atom stereocenters. The topological polar surface area (TPSA) is 77.5 Å². The fraction of sp³-hybridized carbons (Fsp3) is 0.722. The van der Waals surface area contributed by atoms with Gasteiger partial charge in [0.2, 0.25) is 0 Å². The quantitative estimate of drug-likeness (QED) is 0.826. The van der Waals surface area contributed by atoms with E-state index in [9.17, 15) is 9.59 Å². The number of fused-ring (bicyclic) bond motifs is 1. The number of carbonyl (C=O) groups excluding carboxylic acids is 2. The first kappa shape index (κ1) is 18.3. The molecule has 1 N–H and O–H groups in total. The number of carbonyl (C=O) groups is 2. The summed E-state index contributed by atoms with van der Waals surface area (Å²) in [4.78, 5) is 30.0. The SMILES string of the molecule is CC(C)C[C@]1(C(=O)OC(C)(C)C)N[C@@H](c2nccs2)[C@H]2C(=O)OCC21. The number of thiazole rings is 1. The molecule has 3 heterocycles. The molecule has 0 bridgehead atoms. The van der Waals surface area contributed by atoms with Crippen LogP contribution in [0, 0.1) is 17.8 Å². The summed E-state index contributed by atoms with van der Waals surface area (Å²) in [6.45, 7) is 9.94. The average Bonchev–Trinajstić information content (AvgIpc) is 3.16. The summed E-state index contributed by atoms with van der Waals surface area (Å²) in [5, 5.41) is 6.15. The Balaban J connectivity index is 2.02. The minimum Gasteiger partial charge on any atom is -0.465 e. The van der Waals surface area contributed by atoms with E-state index in [-0.39, 0.29) is 36.4 Å². The van der Waals surface area contributed by atoms with Crippen molar-refractivity contribution < 1.29 is 19.1 Å². The van der Waals surface area contributed by atoms with Crippen LogP contribution in [0.2, 0.25) is 0 Å². The van der Waals surface area contributed by atoms with E-state index in [4.69, 9.17) is 9.47 Å².